The lowest BCUT2D eigenvalue weighted by molar-refractivity contribution is 0.291. The molecule has 2 atom stereocenters. The van der Waals surface area contributed by atoms with Crippen LogP contribution in [0.15, 0.2) is 71.8 Å². The zero-order valence-corrected chi connectivity index (χ0v) is 19.1. The van der Waals surface area contributed by atoms with E-state index in [4.69, 9.17) is 4.18 Å². The van der Waals surface area contributed by atoms with Crippen LogP contribution in [0.25, 0.3) is 0 Å². The molecule has 4 rings (SSSR count). The SMILES string of the molecule is Cc1ccc(S(=O)(=O)OC[C@@H]2CCCN2c2ccnc(N[C@@H](C)c3ccccc3)n2)cc1. The number of nitrogens with one attached hydrogen (secondary N) is 1. The van der Waals surface area contributed by atoms with Gasteiger partial charge in [-0.25, -0.2) is 4.98 Å². The topological polar surface area (TPSA) is 84.4 Å². The van der Waals surface area contributed by atoms with E-state index in [0.29, 0.717) is 5.95 Å². The van der Waals surface area contributed by atoms with Gasteiger partial charge in [-0.1, -0.05) is 48.0 Å². The number of hydrogen-bond donors (Lipinski definition) is 1. The average molecular weight is 453 g/mol. The van der Waals surface area contributed by atoms with Gasteiger partial charge in [-0.2, -0.15) is 13.4 Å². The summed E-state index contributed by atoms with van der Waals surface area (Å²) < 4.78 is 30.6. The van der Waals surface area contributed by atoms with Crippen molar-refractivity contribution in [2.24, 2.45) is 0 Å². The number of rotatable bonds is 8. The molecule has 1 N–H and O–H groups in total. The molecule has 2 heterocycles. The van der Waals surface area contributed by atoms with E-state index in [1.807, 2.05) is 31.2 Å². The van der Waals surface area contributed by atoms with Crippen molar-refractivity contribution in [3.8, 4) is 0 Å². The molecule has 8 heteroatoms. The van der Waals surface area contributed by atoms with Crippen LogP contribution in [0, 0.1) is 6.92 Å². The number of hydrogen-bond acceptors (Lipinski definition) is 7. The maximum Gasteiger partial charge on any atom is 0.297 e. The monoisotopic (exact) mass is 452 g/mol. The number of aromatic nitrogens is 2. The molecule has 0 spiro atoms. The molecule has 1 aliphatic rings. The van der Waals surface area contributed by atoms with Crippen molar-refractivity contribution in [3.05, 3.63) is 78.0 Å². The Hall–Kier alpha value is -2.97. The molecule has 0 saturated carbocycles. The Bertz CT molecular complexity index is 1140. The van der Waals surface area contributed by atoms with Crippen molar-refractivity contribution in [3.63, 3.8) is 0 Å². The average Bonchev–Trinajstić information content (AvgIpc) is 3.28. The molecule has 1 saturated heterocycles. The number of anilines is 2. The number of aryl methyl sites for hydroxylation is 1. The minimum atomic E-state index is -3.80. The van der Waals surface area contributed by atoms with Gasteiger partial charge in [-0.05, 0) is 50.5 Å². The molecule has 168 valence electrons. The molecule has 1 fully saturated rings. The third-order valence-electron chi connectivity index (χ3n) is 5.68. The first-order chi connectivity index (χ1) is 15.4. The van der Waals surface area contributed by atoms with Crippen LogP contribution in [-0.2, 0) is 14.3 Å². The molecule has 1 aliphatic heterocycles. The van der Waals surface area contributed by atoms with Crippen molar-refractivity contribution in [2.45, 2.75) is 43.7 Å². The van der Waals surface area contributed by atoms with Gasteiger partial charge in [0.25, 0.3) is 10.1 Å². The maximum absolute atomic E-state index is 12.6. The van der Waals surface area contributed by atoms with E-state index < -0.39 is 10.1 Å². The molecule has 3 aromatic rings. The van der Waals surface area contributed by atoms with Gasteiger partial charge in [0.05, 0.1) is 23.6 Å². The summed E-state index contributed by atoms with van der Waals surface area (Å²) in [5.41, 5.74) is 2.15. The first-order valence-corrected chi connectivity index (χ1v) is 12.2. The molecule has 0 amide bonds. The molecule has 0 radical (unpaired) electrons. The first-order valence-electron chi connectivity index (χ1n) is 10.8. The third-order valence-corrected chi connectivity index (χ3v) is 6.98. The van der Waals surface area contributed by atoms with Crippen LogP contribution >= 0.6 is 0 Å². The minimum absolute atomic E-state index is 0.0591. The fraction of sp³-hybridized carbons (Fsp3) is 0.333. The van der Waals surface area contributed by atoms with E-state index in [9.17, 15) is 8.42 Å². The standard InChI is InChI=1S/C24H28N4O3S/c1-18-10-12-22(13-11-18)32(29,30)31-17-21-9-6-16-28(21)23-14-15-25-24(27-23)26-19(2)20-7-4-3-5-8-20/h3-5,7-8,10-15,19,21H,6,9,16-17H2,1-2H3,(H,25,26,27)/t19-,21-/m0/s1. The van der Waals surface area contributed by atoms with Gasteiger partial charge in [-0.15, -0.1) is 0 Å². The fourth-order valence-electron chi connectivity index (χ4n) is 3.85. The van der Waals surface area contributed by atoms with Crippen molar-refractivity contribution in [1.82, 2.24) is 9.97 Å². The Morgan fingerprint density at radius 1 is 1.12 bits per heavy atom. The van der Waals surface area contributed by atoms with Crippen LogP contribution in [-0.4, -0.2) is 37.6 Å². The molecule has 1 aromatic heterocycles. The summed E-state index contributed by atoms with van der Waals surface area (Å²) in [7, 11) is -3.80. The van der Waals surface area contributed by atoms with Gasteiger partial charge >= 0.3 is 0 Å². The van der Waals surface area contributed by atoms with Crippen LogP contribution < -0.4 is 10.2 Å². The maximum atomic E-state index is 12.6. The lowest BCUT2D eigenvalue weighted by Crippen LogP contribution is -2.34. The van der Waals surface area contributed by atoms with Crippen molar-refractivity contribution in [1.29, 1.82) is 0 Å². The van der Waals surface area contributed by atoms with E-state index in [2.05, 4.69) is 39.2 Å². The van der Waals surface area contributed by atoms with Gasteiger partial charge in [0.1, 0.15) is 5.82 Å². The van der Waals surface area contributed by atoms with Gasteiger partial charge in [0.2, 0.25) is 5.95 Å². The highest BCUT2D eigenvalue weighted by atomic mass is 32.2. The molecule has 32 heavy (non-hydrogen) atoms. The Morgan fingerprint density at radius 2 is 1.88 bits per heavy atom. The predicted octanol–water partition coefficient (Wildman–Crippen LogP) is 4.33. The highest BCUT2D eigenvalue weighted by Gasteiger charge is 2.28. The molecule has 0 bridgehead atoms. The van der Waals surface area contributed by atoms with E-state index >= 15 is 0 Å². The third kappa shape index (κ3) is 5.26. The van der Waals surface area contributed by atoms with Gasteiger partial charge in [0, 0.05) is 12.7 Å². The number of benzene rings is 2. The van der Waals surface area contributed by atoms with Gasteiger partial charge in [0.15, 0.2) is 0 Å². The second-order valence-corrected chi connectivity index (χ2v) is 9.67. The van der Waals surface area contributed by atoms with E-state index in [1.54, 1.807) is 30.5 Å². The van der Waals surface area contributed by atoms with Crippen LogP contribution in [0.1, 0.15) is 36.9 Å². The lowest BCUT2D eigenvalue weighted by Gasteiger charge is -2.26. The first kappa shape index (κ1) is 22.2. The van der Waals surface area contributed by atoms with Crippen LogP contribution in [0.3, 0.4) is 0 Å². The summed E-state index contributed by atoms with van der Waals surface area (Å²) in [6.07, 6.45) is 3.52. The Labute approximate surface area is 189 Å². The summed E-state index contributed by atoms with van der Waals surface area (Å²) in [5, 5.41) is 3.34. The Morgan fingerprint density at radius 3 is 2.62 bits per heavy atom. The quantitative estimate of drug-likeness (QED) is 0.509. The zero-order chi connectivity index (χ0) is 22.6. The molecule has 2 aromatic carbocycles. The lowest BCUT2D eigenvalue weighted by atomic mass is 10.1. The van der Waals surface area contributed by atoms with Crippen LogP contribution in [0.5, 0.6) is 0 Å². The Kier molecular flexibility index (Phi) is 6.72. The van der Waals surface area contributed by atoms with Crippen molar-refractivity contribution < 1.29 is 12.6 Å². The molecule has 0 aliphatic carbocycles. The summed E-state index contributed by atoms with van der Waals surface area (Å²) in [4.78, 5) is 11.3. The van der Waals surface area contributed by atoms with Gasteiger partial charge < -0.3 is 10.2 Å². The summed E-state index contributed by atoms with van der Waals surface area (Å²) in [5.74, 6) is 1.30. The van der Waals surface area contributed by atoms with E-state index in [1.165, 1.54) is 0 Å². The highest BCUT2D eigenvalue weighted by molar-refractivity contribution is 7.86. The number of nitrogens with zero attached hydrogens (tertiary/aromatic N) is 3. The highest BCUT2D eigenvalue weighted by Crippen LogP contribution is 2.26. The zero-order valence-electron chi connectivity index (χ0n) is 18.3. The van der Waals surface area contributed by atoms with Gasteiger partial charge in [-0.3, -0.25) is 4.18 Å². The molecular weight excluding hydrogens is 424 g/mol. The fourth-order valence-corrected chi connectivity index (χ4v) is 4.79. The molecular formula is C24H28N4O3S. The molecule has 7 nitrogen and oxygen atoms in total. The van der Waals surface area contributed by atoms with E-state index in [-0.39, 0.29) is 23.6 Å². The summed E-state index contributed by atoms with van der Waals surface area (Å²) in [6, 6.07) is 18.7. The second kappa shape index (κ2) is 9.67. The van der Waals surface area contributed by atoms with Crippen molar-refractivity contribution >= 4 is 21.9 Å². The van der Waals surface area contributed by atoms with Crippen LogP contribution in [0.4, 0.5) is 11.8 Å². The van der Waals surface area contributed by atoms with E-state index in [0.717, 1.165) is 36.3 Å². The van der Waals surface area contributed by atoms with Crippen LogP contribution in [0.2, 0.25) is 0 Å². The second-order valence-electron chi connectivity index (χ2n) is 8.06. The summed E-state index contributed by atoms with van der Waals surface area (Å²) >= 11 is 0. The minimum Gasteiger partial charge on any atom is -0.351 e. The molecule has 0 unspecified atom stereocenters. The van der Waals surface area contributed by atoms with Crippen molar-refractivity contribution in [2.75, 3.05) is 23.4 Å². The smallest absolute Gasteiger partial charge is 0.297 e. The largest absolute Gasteiger partial charge is 0.351 e. The normalized spacial score (nSPS) is 17.3. The summed E-state index contributed by atoms with van der Waals surface area (Å²) in [6.45, 7) is 4.86. The predicted molar refractivity (Wildman–Crippen MR) is 125 cm³/mol. The Balaban J connectivity index is 1.43.